The van der Waals surface area contributed by atoms with E-state index in [0.717, 1.165) is 30.4 Å². The Morgan fingerprint density at radius 1 is 1.08 bits per heavy atom. The molecule has 0 radical (unpaired) electrons. The lowest BCUT2D eigenvalue weighted by molar-refractivity contribution is 0.402. The van der Waals surface area contributed by atoms with Crippen LogP contribution in [-0.4, -0.2) is 33.0 Å². The third kappa shape index (κ3) is 4.34. The number of pyridine rings is 1. The quantitative estimate of drug-likeness (QED) is 0.823. The molecule has 2 aromatic rings. The molecule has 0 saturated carbocycles. The van der Waals surface area contributed by atoms with Crippen molar-refractivity contribution < 1.29 is 8.42 Å². The van der Waals surface area contributed by atoms with Gasteiger partial charge in [-0.05, 0) is 55.2 Å². The Kier molecular flexibility index (Phi) is 5.53. The Hall–Kier alpha value is -1.44. The molecule has 1 N–H and O–H groups in total. The third-order valence-corrected chi connectivity index (χ3v) is 6.30. The van der Waals surface area contributed by atoms with Gasteiger partial charge in [-0.2, -0.15) is 0 Å². The van der Waals surface area contributed by atoms with E-state index in [-0.39, 0.29) is 0 Å². The molecule has 1 aliphatic heterocycles. The van der Waals surface area contributed by atoms with E-state index in [1.54, 1.807) is 36.7 Å². The van der Waals surface area contributed by atoms with Crippen molar-refractivity contribution >= 4 is 31.6 Å². The lowest BCUT2D eigenvalue weighted by atomic mass is 9.97. The highest BCUT2D eigenvalue weighted by Gasteiger charge is 2.22. The molecule has 0 aliphatic carbocycles. The summed E-state index contributed by atoms with van der Waals surface area (Å²) in [7, 11) is -3.43. The summed E-state index contributed by atoms with van der Waals surface area (Å²) >= 11 is 3.31. The number of rotatable bonds is 5. The number of nitrogens with zero attached hydrogens (tertiary/aromatic N) is 2. The van der Waals surface area contributed by atoms with E-state index >= 15 is 0 Å². The van der Waals surface area contributed by atoms with Gasteiger partial charge in [0.15, 0.2) is 0 Å². The molecule has 0 amide bonds. The summed E-state index contributed by atoms with van der Waals surface area (Å²) in [5.74, 6) is 0.369. The number of hydrogen-bond donors (Lipinski definition) is 1. The molecule has 24 heavy (non-hydrogen) atoms. The molecule has 128 valence electrons. The summed E-state index contributed by atoms with van der Waals surface area (Å²) in [4.78, 5) is 6.67. The second kappa shape index (κ2) is 7.63. The maximum atomic E-state index is 12.3. The minimum atomic E-state index is -3.43. The highest BCUT2D eigenvalue weighted by atomic mass is 79.9. The van der Waals surface area contributed by atoms with Crippen molar-refractivity contribution in [3.63, 3.8) is 0 Å². The van der Waals surface area contributed by atoms with Crippen molar-refractivity contribution in [1.29, 1.82) is 0 Å². The third-order valence-electron chi connectivity index (χ3n) is 4.33. The van der Waals surface area contributed by atoms with Crippen LogP contribution >= 0.6 is 15.9 Å². The summed E-state index contributed by atoms with van der Waals surface area (Å²) in [5, 5.41) is 0. The standard InChI is InChI=1S/C17H20BrN3O2S/c18-15-1-3-17(4-2-15)24(22,23)20-13-14-7-11-21(12-8-14)16-5-9-19-10-6-16/h1-6,9-10,14,20H,7-8,11-13H2. The van der Waals surface area contributed by atoms with Crippen LogP contribution in [0.2, 0.25) is 0 Å². The van der Waals surface area contributed by atoms with Crippen LogP contribution in [-0.2, 0) is 10.0 Å². The first-order chi connectivity index (χ1) is 11.5. The number of halogens is 1. The average molecular weight is 410 g/mol. The molecule has 1 aromatic carbocycles. The molecule has 7 heteroatoms. The Morgan fingerprint density at radius 2 is 1.71 bits per heavy atom. The zero-order valence-corrected chi connectivity index (χ0v) is 15.6. The van der Waals surface area contributed by atoms with Gasteiger partial charge in [-0.15, -0.1) is 0 Å². The van der Waals surface area contributed by atoms with Crippen molar-refractivity contribution in [3.8, 4) is 0 Å². The highest BCUT2D eigenvalue weighted by molar-refractivity contribution is 9.10. The van der Waals surface area contributed by atoms with Gasteiger partial charge in [0.05, 0.1) is 4.90 Å². The lowest BCUT2D eigenvalue weighted by Gasteiger charge is -2.33. The van der Waals surface area contributed by atoms with Crippen molar-refractivity contribution in [2.75, 3.05) is 24.5 Å². The lowest BCUT2D eigenvalue weighted by Crippen LogP contribution is -2.38. The smallest absolute Gasteiger partial charge is 0.240 e. The van der Waals surface area contributed by atoms with Gasteiger partial charge in [0.25, 0.3) is 0 Å². The van der Waals surface area contributed by atoms with Crippen LogP contribution in [0.1, 0.15) is 12.8 Å². The molecule has 1 aliphatic rings. The number of benzene rings is 1. The fourth-order valence-corrected chi connectivity index (χ4v) is 4.26. The van der Waals surface area contributed by atoms with Crippen molar-refractivity contribution in [1.82, 2.24) is 9.71 Å². The second-order valence-electron chi connectivity index (χ2n) is 5.94. The number of anilines is 1. The second-order valence-corrected chi connectivity index (χ2v) is 8.62. The predicted molar refractivity (Wildman–Crippen MR) is 98.5 cm³/mol. The number of hydrogen-bond acceptors (Lipinski definition) is 4. The van der Waals surface area contributed by atoms with Gasteiger partial charge in [0.1, 0.15) is 0 Å². The monoisotopic (exact) mass is 409 g/mol. The Balaban J connectivity index is 1.52. The zero-order chi connectivity index (χ0) is 17.0. The molecular formula is C17H20BrN3O2S. The Morgan fingerprint density at radius 3 is 2.33 bits per heavy atom. The van der Waals surface area contributed by atoms with Crippen molar-refractivity contribution in [2.45, 2.75) is 17.7 Å². The highest BCUT2D eigenvalue weighted by Crippen LogP contribution is 2.23. The van der Waals surface area contributed by atoms with Gasteiger partial charge in [-0.1, -0.05) is 15.9 Å². The van der Waals surface area contributed by atoms with Crippen LogP contribution in [0.15, 0.2) is 58.2 Å². The van der Waals surface area contributed by atoms with E-state index in [2.05, 4.69) is 30.5 Å². The minimum absolute atomic E-state index is 0.305. The van der Waals surface area contributed by atoms with E-state index in [9.17, 15) is 8.42 Å². The molecule has 1 saturated heterocycles. The molecule has 0 unspecified atom stereocenters. The maximum absolute atomic E-state index is 12.3. The molecule has 1 aromatic heterocycles. The molecule has 5 nitrogen and oxygen atoms in total. The average Bonchev–Trinajstić information content (AvgIpc) is 2.62. The van der Waals surface area contributed by atoms with Gasteiger partial charge < -0.3 is 4.90 Å². The van der Waals surface area contributed by atoms with Crippen LogP contribution in [0.5, 0.6) is 0 Å². The molecule has 2 heterocycles. The maximum Gasteiger partial charge on any atom is 0.240 e. The number of sulfonamides is 1. The fraction of sp³-hybridized carbons (Fsp3) is 0.353. The summed E-state index contributed by atoms with van der Waals surface area (Å²) in [6, 6.07) is 10.7. The van der Waals surface area contributed by atoms with Gasteiger partial charge in [-0.3, -0.25) is 4.98 Å². The predicted octanol–water partition coefficient (Wildman–Crippen LogP) is 3.04. The van der Waals surface area contributed by atoms with Crippen LogP contribution in [0.4, 0.5) is 5.69 Å². The molecule has 3 rings (SSSR count). The topological polar surface area (TPSA) is 62.3 Å². The minimum Gasteiger partial charge on any atom is -0.371 e. The van der Waals surface area contributed by atoms with E-state index < -0.39 is 10.0 Å². The Bertz CT molecular complexity index is 758. The molecule has 0 atom stereocenters. The van der Waals surface area contributed by atoms with Crippen LogP contribution in [0.25, 0.3) is 0 Å². The van der Waals surface area contributed by atoms with Gasteiger partial charge in [-0.25, -0.2) is 13.1 Å². The molecule has 1 fully saturated rings. The first-order valence-electron chi connectivity index (χ1n) is 7.95. The van der Waals surface area contributed by atoms with E-state index in [1.165, 1.54) is 5.69 Å². The molecule has 0 bridgehead atoms. The summed E-state index contributed by atoms with van der Waals surface area (Å²) in [5.41, 5.74) is 1.18. The van der Waals surface area contributed by atoms with E-state index in [0.29, 0.717) is 17.4 Å². The molecule has 0 spiro atoms. The van der Waals surface area contributed by atoms with Crippen LogP contribution < -0.4 is 9.62 Å². The molecular weight excluding hydrogens is 390 g/mol. The zero-order valence-electron chi connectivity index (χ0n) is 13.2. The summed E-state index contributed by atoms with van der Waals surface area (Å²) < 4.78 is 28.3. The van der Waals surface area contributed by atoms with Gasteiger partial charge in [0.2, 0.25) is 10.0 Å². The summed E-state index contributed by atoms with van der Waals surface area (Å²) in [6.07, 6.45) is 5.55. The fourth-order valence-electron chi connectivity index (χ4n) is 2.87. The van der Waals surface area contributed by atoms with Gasteiger partial charge in [0, 0.05) is 42.2 Å². The SMILES string of the molecule is O=S(=O)(NCC1CCN(c2ccncc2)CC1)c1ccc(Br)cc1. The number of piperidine rings is 1. The first-order valence-corrected chi connectivity index (χ1v) is 10.2. The first kappa shape index (κ1) is 17.4. The van der Waals surface area contributed by atoms with Crippen molar-refractivity contribution in [3.05, 3.63) is 53.3 Å². The summed E-state index contributed by atoms with van der Waals surface area (Å²) in [6.45, 7) is 2.37. The van der Waals surface area contributed by atoms with Gasteiger partial charge >= 0.3 is 0 Å². The van der Waals surface area contributed by atoms with Crippen LogP contribution in [0, 0.1) is 5.92 Å². The number of nitrogens with one attached hydrogen (secondary N) is 1. The van der Waals surface area contributed by atoms with Crippen molar-refractivity contribution in [2.24, 2.45) is 5.92 Å². The van der Waals surface area contributed by atoms with E-state index in [1.807, 2.05) is 12.1 Å². The largest absolute Gasteiger partial charge is 0.371 e. The van der Waals surface area contributed by atoms with Crippen LogP contribution in [0.3, 0.4) is 0 Å². The Labute approximate surface area is 151 Å². The normalized spacial score (nSPS) is 16.3. The van der Waals surface area contributed by atoms with E-state index in [4.69, 9.17) is 0 Å². The number of aromatic nitrogens is 1.